The third kappa shape index (κ3) is 7.85. The van der Waals surface area contributed by atoms with Crippen LogP contribution in [-0.4, -0.2) is 0 Å². The van der Waals surface area contributed by atoms with E-state index in [0.717, 1.165) is 0 Å². The highest BCUT2D eigenvalue weighted by Gasteiger charge is 2.24. The number of hydrogen-bond acceptors (Lipinski definition) is 0. The Hall–Kier alpha value is -10.1. The molecular formula is C78H50. The molecule has 0 saturated heterocycles. The van der Waals surface area contributed by atoms with Crippen molar-refractivity contribution in [2.24, 2.45) is 0 Å². The van der Waals surface area contributed by atoms with Gasteiger partial charge >= 0.3 is 0 Å². The van der Waals surface area contributed by atoms with Crippen LogP contribution in [0.4, 0.5) is 0 Å². The average Bonchev–Trinajstić information content (AvgIpc) is 3.64. The topological polar surface area (TPSA) is 0 Å². The van der Waals surface area contributed by atoms with Crippen LogP contribution in [0.15, 0.2) is 303 Å². The minimum absolute atomic E-state index is 1.17. The van der Waals surface area contributed by atoms with E-state index in [0.29, 0.717) is 0 Å². The van der Waals surface area contributed by atoms with Gasteiger partial charge in [0, 0.05) is 0 Å². The van der Waals surface area contributed by atoms with Gasteiger partial charge in [0.2, 0.25) is 0 Å². The van der Waals surface area contributed by atoms with Crippen LogP contribution in [0, 0.1) is 0 Å². The maximum absolute atomic E-state index is 2.44. The third-order valence-corrected chi connectivity index (χ3v) is 16.2. The van der Waals surface area contributed by atoms with Crippen LogP contribution in [0.25, 0.3) is 154 Å². The monoisotopic (exact) mass is 986 g/mol. The molecule has 0 spiro atoms. The summed E-state index contributed by atoms with van der Waals surface area (Å²) in [5, 5.41) is 14.8. The van der Waals surface area contributed by atoms with Crippen molar-refractivity contribution in [3.8, 4) is 89.0 Å². The zero-order valence-corrected chi connectivity index (χ0v) is 42.9. The highest BCUT2D eigenvalue weighted by molar-refractivity contribution is 6.28. The Bertz CT molecular complexity index is 4540. The molecule has 0 heteroatoms. The molecule has 0 nitrogen and oxygen atoms in total. The normalized spacial score (nSPS) is 11.6. The van der Waals surface area contributed by atoms with Gasteiger partial charge in [-0.25, -0.2) is 0 Å². The Morgan fingerprint density at radius 1 is 0.141 bits per heavy atom. The SMILES string of the molecule is c1cc(-c2ccc3ccccc3c2)cc(-c2ccc(-c3cccc(-c4ccc5ccccc5c4)c3)c3c(-c4cccc(-c5cccc6ccccc56)c4)c4ccccc4c(-c4cccc(-c5cccc6ccccc56)c4)c23)c1. The second kappa shape index (κ2) is 18.9. The van der Waals surface area contributed by atoms with Gasteiger partial charge in [0.1, 0.15) is 0 Å². The van der Waals surface area contributed by atoms with Crippen LogP contribution in [0.3, 0.4) is 0 Å². The van der Waals surface area contributed by atoms with E-state index in [1.807, 2.05) is 0 Å². The summed E-state index contributed by atoms with van der Waals surface area (Å²) in [6, 6.07) is 113. The highest BCUT2D eigenvalue weighted by atomic mass is 14.3. The van der Waals surface area contributed by atoms with Crippen molar-refractivity contribution in [3.63, 3.8) is 0 Å². The predicted octanol–water partition coefficient (Wildman–Crippen LogP) is 21.9. The zero-order valence-electron chi connectivity index (χ0n) is 42.9. The molecule has 0 aromatic heterocycles. The molecule has 78 heavy (non-hydrogen) atoms. The van der Waals surface area contributed by atoms with Crippen molar-refractivity contribution in [2.45, 2.75) is 0 Å². The number of hydrogen-bond donors (Lipinski definition) is 0. The minimum Gasteiger partial charge on any atom is -0.0616 e. The second-order valence-corrected chi connectivity index (χ2v) is 20.7. The molecule has 0 aliphatic heterocycles. The Labute approximate surface area is 454 Å². The van der Waals surface area contributed by atoms with E-state index in [1.165, 1.54) is 154 Å². The van der Waals surface area contributed by atoms with Gasteiger partial charge in [-0.3, -0.25) is 0 Å². The van der Waals surface area contributed by atoms with Crippen LogP contribution < -0.4 is 0 Å². The van der Waals surface area contributed by atoms with Gasteiger partial charge in [-0.1, -0.05) is 267 Å². The molecule has 0 aliphatic rings. The summed E-state index contributed by atoms with van der Waals surface area (Å²) >= 11 is 0. The first kappa shape index (κ1) is 45.3. The molecule has 0 fully saturated rings. The summed E-state index contributed by atoms with van der Waals surface area (Å²) in [6.07, 6.45) is 0. The van der Waals surface area contributed by atoms with E-state index in [2.05, 4.69) is 303 Å². The quantitative estimate of drug-likeness (QED) is 0.133. The Kier molecular flexibility index (Phi) is 11.0. The number of rotatable bonds is 8. The molecule has 0 bridgehead atoms. The van der Waals surface area contributed by atoms with Gasteiger partial charge in [-0.15, -0.1) is 0 Å². The van der Waals surface area contributed by atoms with E-state index in [-0.39, 0.29) is 0 Å². The molecule has 0 atom stereocenters. The van der Waals surface area contributed by atoms with Crippen LogP contribution in [0.1, 0.15) is 0 Å². The first-order valence-corrected chi connectivity index (χ1v) is 27.0. The Morgan fingerprint density at radius 2 is 0.436 bits per heavy atom. The molecule has 0 aliphatic carbocycles. The molecule has 15 rings (SSSR count). The van der Waals surface area contributed by atoms with Crippen molar-refractivity contribution in [3.05, 3.63) is 303 Å². The van der Waals surface area contributed by atoms with Crippen LogP contribution in [-0.2, 0) is 0 Å². The smallest absolute Gasteiger partial charge is 0.000785 e. The lowest BCUT2D eigenvalue weighted by atomic mass is 9.79. The standard InChI is InChI=1S/C78H50/c1-3-21-55-45-59(41-39-51(55)17-1)57-25-11-29-63(47-57)71-43-44-72(64-30-12-26-58(48-64)60-42-40-52-18-2-4-22-56(52)46-60)78-76(66-32-14-28-62(50-66)70-38-16-24-54-20-6-8-34-68(54)70)74-36-10-9-35-73(74)75(77(71)78)65-31-13-27-61(49-65)69-37-15-23-53-19-5-7-33-67(53)69/h1-50H. The lowest BCUT2D eigenvalue weighted by Crippen LogP contribution is -1.96. The third-order valence-electron chi connectivity index (χ3n) is 16.2. The average molecular weight is 987 g/mol. The van der Waals surface area contributed by atoms with Gasteiger partial charge in [-0.2, -0.15) is 0 Å². The fraction of sp³-hybridized carbons (Fsp3) is 0. The van der Waals surface area contributed by atoms with Crippen LogP contribution in [0.5, 0.6) is 0 Å². The molecule has 362 valence electrons. The van der Waals surface area contributed by atoms with Gasteiger partial charge < -0.3 is 0 Å². The maximum Gasteiger partial charge on any atom is -0.000785 e. The molecule has 0 saturated carbocycles. The zero-order chi connectivity index (χ0) is 51.5. The summed E-state index contributed by atoms with van der Waals surface area (Å²) in [5.74, 6) is 0. The van der Waals surface area contributed by atoms with E-state index >= 15 is 0 Å². The van der Waals surface area contributed by atoms with Crippen molar-refractivity contribution < 1.29 is 0 Å². The van der Waals surface area contributed by atoms with Crippen molar-refractivity contribution >= 4 is 64.6 Å². The Morgan fingerprint density at radius 3 is 0.872 bits per heavy atom. The Balaban J connectivity index is 1.06. The first-order chi connectivity index (χ1) is 38.7. The molecule has 15 aromatic carbocycles. The fourth-order valence-electron chi connectivity index (χ4n) is 12.5. The summed E-state index contributed by atoms with van der Waals surface area (Å²) in [5.41, 5.74) is 19.1. The van der Waals surface area contributed by atoms with E-state index in [4.69, 9.17) is 0 Å². The molecular weight excluding hydrogens is 937 g/mol. The molecule has 0 heterocycles. The van der Waals surface area contributed by atoms with E-state index in [9.17, 15) is 0 Å². The van der Waals surface area contributed by atoms with Gasteiger partial charge in [-0.05, 0) is 190 Å². The molecule has 0 N–H and O–H groups in total. The van der Waals surface area contributed by atoms with Crippen LogP contribution in [0.2, 0.25) is 0 Å². The van der Waals surface area contributed by atoms with Crippen molar-refractivity contribution in [1.82, 2.24) is 0 Å². The molecule has 0 radical (unpaired) electrons. The minimum atomic E-state index is 1.17. The molecule has 0 unspecified atom stereocenters. The largest absolute Gasteiger partial charge is 0.0616 e. The first-order valence-electron chi connectivity index (χ1n) is 27.0. The second-order valence-electron chi connectivity index (χ2n) is 20.7. The summed E-state index contributed by atoms with van der Waals surface area (Å²) in [7, 11) is 0. The summed E-state index contributed by atoms with van der Waals surface area (Å²) in [4.78, 5) is 0. The van der Waals surface area contributed by atoms with Gasteiger partial charge in [0.05, 0.1) is 0 Å². The lowest BCUT2D eigenvalue weighted by Gasteiger charge is -2.24. The number of benzene rings is 15. The molecule has 0 amide bonds. The van der Waals surface area contributed by atoms with E-state index in [1.54, 1.807) is 0 Å². The predicted molar refractivity (Wildman–Crippen MR) is 335 cm³/mol. The number of fused-ring (bicyclic) bond motifs is 6. The fourth-order valence-corrected chi connectivity index (χ4v) is 12.5. The van der Waals surface area contributed by atoms with Crippen LogP contribution >= 0.6 is 0 Å². The maximum atomic E-state index is 2.44. The highest BCUT2D eigenvalue weighted by Crippen LogP contribution is 2.52. The van der Waals surface area contributed by atoms with Gasteiger partial charge in [0.25, 0.3) is 0 Å². The summed E-state index contributed by atoms with van der Waals surface area (Å²) in [6.45, 7) is 0. The van der Waals surface area contributed by atoms with Gasteiger partial charge in [0.15, 0.2) is 0 Å². The lowest BCUT2D eigenvalue weighted by molar-refractivity contribution is 1.59. The summed E-state index contributed by atoms with van der Waals surface area (Å²) < 4.78 is 0. The molecule has 15 aromatic rings. The van der Waals surface area contributed by atoms with Crippen molar-refractivity contribution in [1.29, 1.82) is 0 Å². The van der Waals surface area contributed by atoms with E-state index < -0.39 is 0 Å². The van der Waals surface area contributed by atoms with Crippen molar-refractivity contribution in [2.75, 3.05) is 0 Å².